The highest BCUT2D eigenvalue weighted by molar-refractivity contribution is 9.10. The summed E-state index contributed by atoms with van der Waals surface area (Å²) in [6, 6.07) is 4.02. The summed E-state index contributed by atoms with van der Waals surface area (Å²) in [5.74, 6) is -0.303. The van der Waals surface area contributed by atoms with E-state index in [4.69, 9.17) is 4.74 Å². The summed E-state index contributed by atoms with van der Waals surface area (Å²) in [4.78, 5) is 11.6. The van der Waals surface area contributed by atoms with E-state index in [0.717, 1.165) is 20.9 Å². The molecular weight excluding hydrogens is 270 g/mol. The summed E-state index contributed by atoms with van der Waals surface area (Å²) >= 11 is 3.51. The first-order valence-electron chi connectivity index (χ1n) is 4.88. The Kier molecular flexibility index (Phi) is 2.76. The Morgan fingerprint density at radius 3 is 2.75 bits per heavy atom. The monoisotopic (exact) mass is 281 g/mol. The molecule has 84 valence electrons. The quantitative estimate of drug-likeness (QED) is 0.753. The number of methoxy groups -OCH3 is 1. The van der Waals surface area contributed by atoms with Crippen LogP contribution in [0.4, 0.5) is 0 Å². The molecule has 0 spiro atoms. The number of carbonyl (C=O) groups excluding carboxylic acids is 1. The molecule has 0 N–H and O–H groups in total. The molecule has 2 rings (SSSR count). The van der Waals surface area contributed by atoms with Crippen LogP contribution in [0.15, 0.2) is 22.8 Å². The van der Waals surface area contributed by atoms with Crippen LogP contribution in [0.25, 0.3) is 10.9 Å². The minimum Gasteiger partial charge on any atom is -0.465 e. The number of carbonyl (C=O) groups is 1. The maximum Gasteiger partial charge on any atom is 0.340 e. The zero-order valence-electron chi connectivity index (χ0n) is 9.37. The minimum absolute atomic E-state index is 0.303. The zero-order chi connectivity index (χ0) is 11.9. The smallest absolute Gasteiger partial charge is 0.340 e. The van der Waals surface area contributed by atoms with Crippen molar-refractivity contribution in [1.82, 2.24) is 4.57 Å². The SMILES string of the molecule is COC(=O)c1cn(C)c2c(Br)cc(C)cc12. The Morgan fingerprint density at radius 1 is 1.44 bits per heavy atom. The molecule has 0 fully saturated rings. The number of nitrogens with zero attached hydrogens (tertiary/aromatic N) is 1. The standard InChI is InChI=1S/C12H12BrNO2/c1-7-4-8-9(12(15)16-3)6-14(2)11(8)10(13)5-7/h4-6H,1-3H3. The lowest BCUT2D eigenvalue weighted by Gasteiger charge is -2.01. The molecule has 16 heavy (non-hydrogen) atoms. The highest BCUT2D eigenvalue weighted by atomic mass is 79.9. The van der Waals surface area contributed by atoms with Gasteiger partial charge in [-0.25, -0.2) is 4.79 Å². The van der Waals surface area contributed by atoms with Crippen LogP contribution in [-0.2, 0) is 11.8 Å². The van der Waals surface area contributed by atoms with E-state index < -0.39 is 0 Å². The fraction of sp³-hybridized carbons (Fsp3) is 0.250. The first-order chi connectivity index (χ1) is 7.54. The van der Waals surface area contributed by atoms with E-state index in [1.54, 1.807) is 6.20 Å². The highest BCUT2D eigenvalue weighted by Crippen LogP contribution is 2.29. The van der Waals surface area contributed by atoms with Gasteiger partial charge in [0.25, 0.3) is 0 Å². The number of rotatable bonds is 1. The fourth-order valence-corrected chi connectivity index (χ4v) is 2.75. The van der Waals surface area contributed by atoms with Crippen LogP contribution in [-0.4, -0.2) is 17.6 Å². The molecule has 0 saturated heterocycles. The fourth-order valence-electron chi connectivity index (χ4n) is 1.90. The summed E-state index contributed by atoms with van der Waals surface area (Å²) < 4.78 is 7.68. The Balaban J connectivity index is 2.83. The van der Waals surface area contributed by atoms with Gasteiger partial charge in [0.05, 0.1) is 18.2 Å². The summed E-state index contributed by atoms with van der Waals surface area (Å²) in [5.41, 5.74) is 2.71. The lowest BCUT2D eigenvalue weighted by molar-refractivity contribution is 0.0603. The Hall–Kier alpha value is -1.29. The van der Waals surface area contributed by atoms with Crippen molar-refractivity contribution in [2.45, 2.75) is 6.92 Å². The zero-order valence-corrected chi connectivity index (χ0v) is 11.0. The lowest BCUT2D eigenvalue weighted by atomic mass is 10.1. The van der Waals surface area contributed by atoms with E-state index in [9.17, 15) is 4.79 Å². The summed E-state index contributed by atoms with van der Waals surface area (Å²) in [7, 11) is 3.31. The maximum atomic E-state index is 11.6. The van der Waals surface area contributed by atoms with Gasteiger partial charge < -0.3 is 9.30 Å². The third-order valence-corrected chi connectivity index (χ3v) is 3.18. The van der Waals surface area contributed by atoms with Crippen molar-refractivity contribution in [1.29, 1.82) is 0 Å². The number of halogens is 1. The number of benzene rings is 1. The molecule has 0 bridgehead atoms. The molecule has 1 heterocycles. The third-order valence-electron chi connectivity index (χ3n) is 2.58. The Labute approximate surface area is 102 Å². The van der Waals surface area contributed by atoms with Crippen molar-refractivity contribution in [3.63, 3.8) is 0 Å². The van der Waals surface area contributed by atoms with Gasteiger partial charge in [0.2, 0.25) is 0 Å². The number of ether oxygens (including phenoxy) is 1. The molecule has 0 atom stereocenters. The third kappa shape index (κ3) is 1.63. The van der Waals surface area contributed by atoms with Gasteiger partial charge in [-0.1, -0.05) is 0 Å². The van der Waals surface area contributed by atoms with Crippen LogP contribution in [0.1, 0.15) is 15.9 Å². The average Bonchev–Trinajstić information content (AvgIpc) is 2.54. The molecule has 2 aromatic rings. The van der Waals surface area contributed by atoms with Crippen molar-refractivity contribution >= 4 is 32.8 Å². The summed E-state index contributed by atoms with van der Waals surface area (Å²) in [5, 5.41) is 0.918. The molecule has 0 aliphatic carbocycles. The van der Waals surface area contributed by atoms with E-state index in [0.29, 0.717) is 5.56 Å². The van der Waals surface area contributed by atoms with Gasteiger partial charge in [-0.2, -0.15) is 0 Å². The lowest BCUT2D eigenvalue weighted by Crippen LogP contribution is -1.99. The molecule has 3 nitrogen and oxygen atoms in total. The normalized spacial score (nSPS) is 10.8. The van der Waals surface area contributed by atoms with Crippen LogP contribution in [0.2, 0.25) is 0 Å². The number of esters is 1. The predicted molar refractivity (Wildman–Crippen MR) is 66.7 cm³/mol. The van der Waals surface area contributed by atoms with E-state index >= 15 is 0 Å². The average molecular weight is 282 g/mol. The second-order valence-corrected chi connectivity index (χ2v) is 4.64. The van der Waals surface area contributed by atoms with Crippen LogP contribution < -0.4 is 0 Å². The molecule has 0 radical (unpaired) electrons. The van der Waals surface area contributed by atoms with Crippen LogP contribution >= 0.6 is 15.9 Å². The number of hydrogen-bond acceptors (Lipinski definition) is 2. The number of hydrogen-bond donors (Lipinski definition) is 0. The topological polar surface area (TPSA) is 31.2 Å². The second-order valence-electron chi connectivity index (χ2n) is 3.79. The second kappa shape index (κ2) is 3.94. The van der Waals surface area contributed by atoms with Gasteiger partial charge in [0, 0.05) is 23.1 Å². The van der Waals surface area contributed by atoms with Crippen LogP contribution in [0.5, 0.6) is 0 Å². The van der Waals surface area contributed by atoms with E-state index in [1.807, 2.05) is 30.7 Å². The van der Waals surface area contributed by atoms with E-state index in [-0.39, 0.29) is 5.97 Å². The summed E-state index contributed by atoms with van der Waals surface area (Å²) in [6.45, 7) is 2.00. The Bertz CT molecular complexity index is 572. The first kappa shape index (κ1) is 11.2. The van der Waals surface area contributed by atoms with Crippen LogP contribution in [0.3, 0.4) is 0 Å². The summed E-state index contributed by atoms with van der Waals surface area (Å²) in [6.07, 6.45) is 1.79. The molecule has 1 aromatic carbocycles. The van der Waals surface area contributed by atoms with Gasteiger partial charge in [-0.05, 0) is 40.5 Å². The van der Waals surface area contributed by atoms with E-state index in [1.165, 1.54) is 7.11 Å². The van der Waals surface area contributed by atoms with Gasteiger partial charge in [-0.3, -0.25) is 0 Å². The van der Waals surface area contributed by atoms with Gasteiger partial charge in [0.1, 0.15) is 0 Å². The van der Waals surface area contributed by atoms with Crippen molar-refractivity contribution in [3.8, 4) is 0 Å². The number of fused-ring (bicyclic) bond motifs is 1. The molecule has 0 saturated carbocycles. The van der Waals surface area contributed by atoms with Crippen molar-refractivity contribution in [2.24, 2.45) is 7.05 Å². The molecule has 4 heteroatoms. The molecule has 1 aromatic heterocycles. The molecule has 0 unspecified atom stereocenters. The van der Waals surface area contributed by atoms with Gasteiger partial charge in [0.15, 0.2) is 0 Å². The van der Waals surface area contributed by atoms with Crippen LogP contribution in [0, 0.1) is 6.92 Å². The van der Waals surface area contributed by atoms with Crippen molar-refractivity contribution < 1.29 is 9.53 Å². The van der Waals surface area contributed by atoms with Gasteiger partial charge in [-0.15, -0.1) is 0 Å². The minimum atomic E-state index is -0.303. The number of aromatic nitrogens is 1. The maximum absolute atomic E-state index is 11.6. The Morgan fingerprint density at radius 2 is 2.12 bits per heavy atom. The largest absolute Gasteiger partial charge is 0.465 e. The first-order valence-corrected chi connectivity index (χ1v) is 5.67. The predicted octanol–water partition coefficient (Wildman–Crippen LogP) is 3.04. The van der Waals surface area contributed by atoms with E-state index in [2.05, 4.69) is 15.9 Å². The van der Waals surface area contributed by atoms with Gasteiger partial charge >= 0.3 is 5.97 Å². The van der Waals surface area contributed by atoms with Crippen molar-refractivity contribution in [2.75, 3.05) is 7.11 Å². The molecule has 0 amide bonds. The highest BCUT2D eigenvalue weighted by Gasteiger charge is 2.16. The molecule has 0 aliphatic heterocycles. The molecular formula is C12H12BrNO2. The molecule has 0 aliphatic rings. The van der Waals surface area contributed by atoms with Crippen molar-refractivity contribution in [3.05, 3.63) is 33.9 Å². The number of aryl methyl sites for hydroxylation is 2.